The number of hydrogen-bond donors (Lipinski definition) is 3. The molecule has 3 atom stereocenters. The number of rotatable bonds is 66. The van der Waals surface area contributed by atoms with Crippen molar-refractivity contribution in [1.29, 1.82) is 0 Å². The van der Waals surface area contributed by atoms with Crippen molar-refractivity contribution in [1.82, 2.24) is 5.32 Å². The smallest absolute Gasteiger partial charge is 0.387 e. The number of quaternary nitrogens is 1. The number of carbonyl (C=O) groups is 1. The second-order valence-electron chi connectivity index (χ2n) is 25.6. The van der Waals surface area contributed by atoms with E-state index < -0.39 is 20.0 Å². The Morgan fingerprint density at radius 2 is 0.684 bits per heavy atom. The predicted molar refractivity (Wildman–Crippen MR) is 346 cm³/mol. The van der Waals surface area contributed by atoms with Crippen LogP contribution in [0.4, 0.5) is 0 Å². The Balaban J connectivity index is 4.04. The van der Waals surface area contributed by atoms with E-state index in [1.807, 2.05) is 27.2 Å². The van der Waals surface area contributed by atoms with Gasteiger partial charge in [-0.3, -0.25) is 13.8 Å². The van der Waals surface area contributed by atoms with E-state index in [4.69, 9.17) is 9.05 Å². The molecule has 9 heteroatoms. The number of unbranched alkanes of at least 4 members (excludes halogenated alkanes) is 51. The zero-order valence-corrected chi connectivity index (χ0v) is 54.8. The molecule has 0 aromatic heterocycles. The summed E-state index contributed by atoms with van der Waals surface area (Å²) in [5, 5.41) is 14.0. The fourth-order valence-electron chi connectivity index (χ4n) is 10.9. The van der Waals surface area contributed by atoms with Crippen molar-refractivity contribution in [2.24, 2.45) is 0 Å². The molecule has 3 N–H and O–H groups in total. The van der Waals surface area contributed by atoms with Crippen LogP contribution in [0.25, 0.3) is 0 Å². The highest BCUT2D eigenvalue weighted by atomic mass is 31.2. The number of allylic oxidation sites excluding steroid dienone is 3. The largest absolute Gasteiger partial charge is 0.472 e. The summed E-state index contributed by atoms with van der Waals surface area (Å²) in [6.07, 6.45) is 80.4. The third-order valence-electron chi connectivity index (χ3n) is 16.4. The molecule has 0 radical (unpaired) electrons. The normalized spacial score (nSPS) is 13.8. The van der Waals surface area contributed by atoms with Crippen LogP contribution in [0, 0.1) is 0 Å². The first-order valence-electron chi connectivity index (χ1n) is 35.2. The first-order chi connectivity index (χ1) is 38.5. The van der Waals surface area contributed by atoms with Gasteiger partial charge in [-0.1, -0.05) is 340 Å². The molecule has 1 amide bonds. The Morgan fingerprint density at radius 1 is 0.418 bits per heavy atom. The highest BCUT2D eigenvalue weighted by Gasteiger charge is 2.28. The number of aliphatic hydroxyl groups excluding tert-OH is 1. The van der Waals surface area contributed by atoms with Gasteiger partial charge in [0, 0.05) is 6.42 Å². The summed E-state index contributed by atoms with van der Waals surface area (Å²) >= 11 is 0. The molecule has 0 saturated heterocycles. The SMILES string of the molecule is CCCCCCCCCC/C=C\CCCCCCCCCCCCCCCCCCCC(=O)NC(COP(=O)(O)OCC[N+](C)(C)C)C(O)/C=C/CCCCCCCCCCCCCCCCCCCCCCCCCCCC. The maximum atomic E-state index is 13.1. The first-order valence-corrected chi connectivity index (χ1v) is 36.7. The Morgan fingerprint density at radius 3 is 0.975 bits per heavy atom. The number of phosphoric ester groups is 1. The zero-order valence-electron chi connectivity index (χ0n) is 53.9. The van der Waals surface area contributed by atoms with Crippen LogP contribution >= 0.6 is 7.82 Å². The fraction of sp³-hybridized carbons (Fsp3) is 0.929. The van der Waals surface area contributed by atoms with Gasteiger partial charge in [0.15, 0.2) is 0 Å². The van der Waals surface area contributed by atoms with Crippen LogP contribution in [0.2, 0.25) is 0 Å². The molecule has 0 bridgehead atoms. The summed E-state index contributed by atoms with van der Waals surface area (Å²) in [6.45, 7) is 4.88. The van der Waals surface area contributed by atoms with Gasteiger partial charge in [0.25, 0.3) is 0 Å². The van der Waals surface area contributed by atoms with E-state index >= 15 is 0 Å². The van der Waals surface area contributed by atoms with E-state index in [9.17, 15) is 19.4 Å². The van der Waals surface area contributed by atoms with Crippen molar-refractivity contribution in [3.63, 3.8) is 0 Å². The van der Waals surface area contributed by atoms with Crippen LogP contribution in [0.1, 0.15) is 367 Å². The third kappa shape index (κ3) is 64.4. The van der Waals surface area contributed by atoms with Crippen LogP contribution < -0.4 is 5.32 Å². The van der Waals surface area contributed by atoms with Gasteiger partial charge in [0.05, 0.1) is 39.9 Å². The molecule has 79 heavy (non-hydrogen) atoms. The van der Waals surface area contributed by atoms with E-state index in [1.54, 1.807) is 6.08 Å². The Bertz CT molecular complexity index is 1340. The first kappa shape index (κ1) is 78.0. The minimum absolute atomic E-state index is 0.0643. The summed E-state index contributed by atoms with van der Waals surface area (Å²) in [5.41, 5.74) is 0. The van der Waals surface area contributed by atoms with Gasteiger partial charge >= 0.3 is 7.82 Å². The minimum atomic E-state index is -4.35. The number of amides is 1. The van der Waals surface area contributed by atoms with Crippen molar-refractivity contribution in [3.05, 3.63) is 24.3 Å². The molecule has 0 aromatic carbocycles. The summed E-state index contributed by atoms with van der Waals surface area (Å²) in [5.74, 6) is -0.169. The maximum Gasteiger partial charge on any atom is 0.472 e. The molecule has 0 aliphatic carbocycles. The highest BCUT2D eigenvalue weighted by molar-refractivity contribution is 7.47. The molecule has 0 aliphatic rings. The van der Waals surface area contributed by atoms with E-state index in [1.165, 1.54) is 315 Å². The molecule has 0 aliphatic heterocycles. The molecule has 0 rings (SSSR count). The third-order valence-corrected chi connectivity index (χ3v) is 17.4. The van der Waals surface area contributed by atoms with Crippen molar-refractivity contribution >= 4 is 13.7 Å². The summed E-state index contributed by atoms with van der Waals surface area (Å²) in [6, 6.07) is -0.846. The number of hydrogen-bond acceptors (Lipinski definition) is 5. The monoisotopic (exact) mass is 1140 g/mol. The number of phosphoric acid groups is 1. The van der Waals surface area contributed by atoms with Crippen molar-refractivity contribution in [2.45, 2.75) is 379 Å². The van der Waals surface area contributed by atoms with Crippen LogP contribution in [-0.2, 0) is 18.4 Å². The molecule has 0 aromatic rings. The van der Waals surface area contributed by atoms with Crippen LogP contribution in [0.5, 0.6) is 0 Å². The Hall–Kier alpha value is -1.02. The number of likely N-dealkylation sites (N-methyl/N-ethyl adjacent to an activating group) is 1. The summed E-state index contributed by atoms with van der Waals surface area (Å²) < 4.78 is 23.8. The lowest BCUT2D eigenvalue weighted by molar-refractivity contribution is -0.870. The molecule has 0 heterocycles. The molecule has 0 fully saturated rings. The Labute approximate surface area is 494 Å². The average molecular weight is 1140 g/mol. The molecular weight excluding hydrogens is 996 g/mol. The van der Waals surface area contributed by atoms with Gasteiger partial charge in [-0.2, -0.15) is 0 Å². The van der Waals surface area contributed by atoms with Crippen molar-refractivity contribution in [3.8, 4) is 0 Å². The molecule has 3 unspecified atom stereocenters. The van der Waals surface area contributed by atoms with E-state index in [0.717, 1.165) is 32.1 Å². The topological polar surface area (TPSA) is 105 Å². The summed E-state index contributed by atoms with van der Waals surface area (Å²) in [7, 11) is 1.59. The molecule has 8 nitrogen and oxygen atoms in total. The highest BCUT2D eigenvalue weighted by Crippen LogP contribution is 2.43. The van der Waals surface area contributed by atoms with E-state index in [-0.39, 0.29) is 19.1 Å². The average Bonchev–Trinajstić information content (AvgIpc) is 3.42. The second kappa shape index (κ2) is 61.5. The van der Waals surface area contributed by atoms with Crippen LogP contribution in [-0.4, -0.2) is 73.4 Å². The fourth-order valence-corrected chi connectivity index (χ4v) is 11.7. The summed E-state index contributed by atoms with van der Waals surface area (Å²) in [4.78, 5) is 23.4. The van der Waals surface area contributed by atoms with Gasteiger partial charge in [0.1, 0.15) is 13.2 Å². The number of nitrogens with zero attached hydrogens (tertiary/aromatic N) is 1. The molecular formula is C70H140N2O6P+. The van der Waals surface area contributed by atoms with Gasteiger partial charge in [-0.05, 0) is 44.9 Å². The zero-order chi connectivity index (χ0) is 57.7. The molecule has 0 saturated carbocycles. The van der Waals surface area contributed by atoms with Crippen molar-refractivity contribution in [2.75, 3.05) is 40.9 Å². The van der Waals surface area contributed by atoms with Gasteiger partial charge in [-0.15, -0.1) is 0 Å². The lowest BCUT2D eigenvalue weighted by Crippen LogP contribution is -2.45. The lowest BCUT2D eigenvalue weighted by atomic mass is 10.0. The molecule has 470 valence electrons. The van der Waals surface area contributed by atoms with Crippen LogP contribution in [0.3, 0.4) is 0 Å². The standard InChI is InChI=1S/C70H139N2O6P/c1-6-8-10-12-14-16-18-20-22-24-26-28-30-32-34-36-38-40-42-44-46-48-50-52-54-56-58-60-62-64-70(74)71-68(67-78-79(75,76)77-66-65-72(3,4)5)69(73)63-61-59-57-55-53-51-49-47-45-43-41-39-37-35-33-31-29-27-25-23-21-19-17-15-13-11-9-7-2/h24,26,61,63,68-69,73H,6-23,25,27-60,62,64-67H2,1-5H3,(H-,71,74,75,76)/p+1/b26-24-,63-61+. The number of carbonyl (C=O) groups excluding carboxylic acids is 1. The number of nitrogens with one attached hydrogen (secondary N) is 1. The second-order valence-corrected chi connectivity index (χ2v) is 27.1. The van der Waals surface area contributed by atoms with Crippen LogP contribution in [0.15, 0.2) is 24.3 Å². The number of aliphatic hydroxyl groups is 1. The van der Waals surface area contributed by atoms with Crippen molar-refractivity contribution < 1.29 is 32.9 Å². The van der Waals surface area contributed by atoms with Gasteiger partial charge in [-0.25, -0.2) is 4.57 Å². The minimum Gasteiger partial charge on any atom is -0.387 e. The molecule has 0 spiro atoms. The van der Waals surface area contributed by atoms with Gasteiger partial charge in [0.2, 0.25) is 5.91 Å². The lowest BCUT2D eigenvalue weighted by Gasteiger charge is -2.25. The Kier molecular flexibility index (Phi) is 60.7. The van der Waals surface area contributed by atoms with E-state index in [2.05, 4.69) is 31.3 Å². The predicted octanol–water partition coefficient (Wildman–Crippen LogP) is 22.3. The van der Waals surface area contributed by atoms with E-state index in [0.29, 0.717) is 17.4 Å². The van der Waals surface area contributed by atoms with Gasteiger partial charge < -0.3 is 19.8 Å². The maximum absolute atomic E-state index is 13.1. The quantitative estimate of drug-likeness (QED) is 0.0243.